The molecule has 2 atom stereocenters. The molecule has 2 rings (SSSR count). The lowest BCUT2D eigenvalue weighted by atomic mass is 9.95. The lowest BCUT2D eigenvalue weighted by Crippen LogP contribution is -2.38. The van der Waals surface area contributed by atoms with Gasteiger partial charge in [0.1, 0.15) is 0 Å². The minimum Gasteiger partial charge on any atom is -0.299 e. The average Bonchev–Trinajstić information content (AvgIpc) is 3.03. The first-order chi connectivity index (χ1) is 6.83. The molecule has 2 fully saturated rings. The molecule has 2 heteroatoms. The van der Waals surface area contributed by atoms with Crippen LogP contribution in [-0.4, -0.2) is 24.0 Å². The van der Waals surface area contributed by atoms with Crippen molar-refractivity contribution in [2.75, 3.05) is 7.05 Å². The minimum atomic E-state index is 0.295. The molecule has 0 bridgehead atoms. The van der Waals surface area contributed by atoms with Crippen LogP contribution in [0.15, 0.2) is 0 Å². The monoisotopic (exact) mass is 192 g/mol. The molecule has 2 saturated carbocycles. The summed E-state index contributed by atoms with van der Waals surface area (Å²) in [6.45, 7) is 0. The molecule has 0 amide bonds. The summed E-state index contributed by atoms with van der Waals surface area (Å²) in [4.78, 5) is 2.49. The van der Waals surface area contributed by atoms with E-state index in [1.54, 1.807) is 0 Å². The molecular weight excluding hydrogens is 172 g/mol. The molecule has 0 N–H and O–H groups in total. The summed E-state index contributed by atoms with van der Waals surface area (Å²) >= 11 is 0. The highest BCUT2D eigenvalue weighted by Crippen LogP contribution is 2.33. The molecule has 2 unspecified atom stereocenters. The molecule has 0 saturated heterocycles. The summed E-state index contributed by atoms with van der Waals surface area (Å²) in [6, 6.07) is 3.87. The molecule has 0 aliphatic heterocycles. The van der Waals surface area contributed by atoms with Gasteiger partial charge in [-0.2, -0.15) is 5.26 Å². The van der Waals surface area contributed by atoms with Crippen molar-refractivity contribution < 1.29 is 0 Å². The zero-order chi connectivity index (χ0) is 9.97. The predicted molar refractivity (Wildman–Crippen MR) is 56.8 cm³/mol. The van der Waals surface area contributed by atoms with Crippen LogP contribution in [0.2, 0.25) is 0 Å². The van der Waals surface area contributed by atoms with E-state index in [-0.39, 0.29) is 0 Å². The molecule has 2 nitrogen and oxygen atoms in total. The van der Waals surface area contributed by atoms with Crippen LogP contribution < -0.4 is 0 Å². The fourth-order valence-corrected chi connectivity index (χ4v) is 2.68. The van der Waals surface area contributed by atoms with Crippen LogP contribution >= 0.6 is 0 Å². The van der Waals surface area contributed by atoms with Gasteiger partial charge in [0, 0.05) is 12.1 Å². The summed E-state index contributed by atoms with van der Waals surface area (Å²) in [7, 11) is 2.22. The fourth-order valence-electron chi connectivity index (χ4n) is 2.68. The predicted octanol–water partition coefficient (Wildman–Crippen LogP) is 2.55. The van der Waals surface area contributed by atoms with E-state index < -0.39 is 0 Å². The summed E-state index contributed by atoms with van der Waals surface area (Å²) < 4.78 is 0. The normalized spacial score (nSPS) is 33.8. The zero-order valence-corrected chi connectivity index (χ0v) is 9.08. The summed E-state index contributed by atoms with van der Waals surface area (Å²) in [5.41, 5.74) is 0. The van der Waals surface area contributed by atoms with E-state index in [2.05, 4.69) is 18.0 Å². The van der Waals surface area contributed by atoms with E-state index >= 15 is 0 Å². The van der Waals surface area contributed by atoms with Crippen molar-refractivity contribution in [1.29, 1.82) is 5.26 Å². The van der Waals surface area contributed by atoms with E-state index in [0.717, 1.165) is 12.5 Å². The Morgan fingerprint density at radius 2 is 1.79 bits per heavy atom. The van der Waals surface area contributed by atoms with Crippen molar-refractivity contribution in [1.82, 2.24) is 4.90 Å². The molecule has 2 aliphatic rings. The third-order valence-electron chi connectivity index (χ3n) is 3.79. The second kappa shape index (κ2) is 4.31. The van der Waals surface area contributed by atoms with Gasteiger partial charge in [-0.25, -0.2) is 0 Å². The Labute approximate surface area is 86.9 Å². The first-order valence-electron chi connectivity index (χ1n) is 5.94. The SMILES string of the molecule is CN(C1CC1)C1CCCCCC1C#N. The van der Waals surface area contributed by atoms with Gasteiger partial charge in [0.05, 0.1) is 12.0 Å². The van der Waals surface area contributed by atoms with E-state index in [9.17, 15) is 0 Å². The standard InChI is InChI=1S/C12H20N2/c1-14(11-7-8-11)12-6-4-2-3-5-10(12)9-13/h10-12H,2-8H2,1H3. The Hall–Kier alpha value is -0.550. The molecule has 0 radical (unpaired) electrons. The van der Waals surface area contributed by atoms with Crippen molar-refractivity contribution in [3.05, 3.63) is 0 Å². The number of rotatable bonds is 2. The molecule has 0 aromatic carbocycles. The van der Waals surface area contributed by atoms with Gasteiger partial charge in [-0.1, -0.05) is 19.3 Å². The smallest absolute Gasteiger partial charge is 0.0672 e. The molecule has 0 heterocycles. The van der Waals surface area contributed by atoms with Gasteiger partial charge in [-0.05, 0) is 32.7 Å². The van der Waals surface area contributed by atoms with E-state index in [1.165, 1.54) is 38.5 Å². The molecule has 0 spiro atoms. The van der Waals surface area contributed by atoms with Crippen molar-refractivity contribution >= 4 is 0 Å². The van der Waals surface area contributed by atoms with Crippen LogP contribution in [0.25, 0.3) is 0 Å². The van der Waals surface area contributed by atoms with Crippen molar-refractivity contribution in [3.63, 3.8) is 0 Å². The largest absolute Gasteiger partial charge is 0.299 e. The van der Waals surface area contributed by atoms with Crippen LogP contribution in [0.3, 0.4) is 0 Å². The second-order valence-electron chi connectivity index (χ2n) is 4.84. The maximum atomic E-state index is 9.16. The summed E-state index contributed by atoms with van der Waals surface area (Å²) in [5.74, 6) is 0.295. The Morgan fingerprint density at radius 1 is 1.07 bits per heavy atom. The Kier molecular flexibility index (Phi) is 3.08. The third-order valence-corrected chi connectivity index (χ3v) is 3.79. The quantitative estimate of drug-likeness (QED) is 0.629. The summed E-state index contributed by atoms with van der Waals surface area (Å²) in [6.07, 6.45) is 8.97. The lowest BCUT2D eigenvalue weighted by Gasteiger charge is -2.30. The maximum absolute atomic E-state index is 9.16. The van der Waals surface area contributed by atoms with Gasteiger partial charge >= 0.3 is 0 Å². The Bertz CT molecular complexity index is 227. The van der Waals surface area contributed by atoms with Gasteiger partial charge in [-0.15, -0.1) is 0 Å². The summed E-state index contributed by atoms with van der Waals surface area (Å²) in [5, 5.41) is 9.16. The maximum Gasteiger partial charge on any atom is 0.0672 e. The van der Waals surface area contributed by atoms with Gasteiger partial charge in [0.25, 0.3) is 0 Å². The zero-order valence-electron chi connectivity index (χ0n) is 9.08. The Balaban J connectivity index is 2.00. The molecular formula is C12H20N2. The molecule has 2 aliphatic carbocycles. The fraction of sp³-hybridized carbons (Fsp3) is 0.917. The van der Waals surface area contributed by atoms with E-state index in [1.807, 2.05) is 0 Å². The first kappa shape index (κ1) is 9.98. The number of hydrogen-bond acceptors (Lipinski definition) is 2. The lowest BCUT2D eigenvalue weighted by molar-refractivity contribution is 0.182. The van der Waals surface area contributed by atoms with Crippen molar-refractivity contribution in [2.45, 2.75) is 57.0 Å². The molecule has 78 valence electrons. The average molecular weight is 192 g/mol. The van der Waals surface area contributed by atoms with Gasteiger partial charge in [0.2, 0.25) is 0 Å². The molecule has 0 aromatic heterocycles. The van der Waals surface area contributed by atoms with Crippen LogP contribution in [0, 0.1) is 17.2 Å². The van der Waals surface area contributed by atoms with Gasteiger partial charge in [-0.3, -0.25) is 4.90 Å². The highest BCUT2D eigenvalue weighted by Gasteiger charge is 2.35. The van der Waals surface area contributed by atoms with Crippen LogP contribution in [0.5, 0.6) is 0 Å². The highest BCUT2D eigenvalue weighted by molar-refractivity contribution is 4.97. The molecule has 0 aromatic rings. The molecule has 14 heavy (non-hydrogen) atoms. The van der Waals surface area contributed by atoms with Crippen molar-refractivity contribution in [3.8, 4) is 6.07 Å². The van der Waals surface area contributed by atoms with E-state index in [0.29, 0.717) is 12.0 Å². The van der Waals surface area contributed by atoms with Crippen molar-refractivity contribution in [2.24, 2.45) is 5.92 Å². The van der Waals surface area contributed by atoms with Crippen LogP contribution in [-0.2, 0) is 0 Å². The number of nitriles is 1. The Morgan fingerprint density at radius 3 is 2.43 bits per heavy atom. The van der Waals surface area contributed by atoms with Gasteiger partial charge in [0.15, 0.2) is 0 Å². The van der Waals surface area contributed by atoms with Gasteiger partial charge < -0.3 is 0 Å². The van der Waals surface area contributed by atoms with Crippen LogP contribution in [0.1, 0.15) is 44.9 Å². The second-order valence-corrected chi connectivity index (χ2v) is 4.84. The third kappa shape index (κ3) is 2.09. The first-order valence-corrected chi connectivity index (χ1v) is 5.94. The van der Waals surface area contributed by atoms with Crippen LogP contribution in [0.4, 0.5) is 0 Å². The number of nitrogens with zero attached hydrogens (tertiary/aromatic N) is 2. The minimum absolute atomic E-state index is 0.295. The number of hydrogen-bond donors (Lipinski definition) is 0. The van der Waals surface area contributed by atoms with E-state index in [4.69, 9.17) is 5.26 Å². The highest BCUT2D eigenvalue weighted by atomic mass is 15.2. The topological polar surface area (TPSA) is 27.0 Å².